The van der Waals surface area contributed by atoms with Crippen LogP contribution in [0.25, 0.3) is 11.1 Å². The van der Waals surface area contributed by atoms with E-state index in [0.717, 1.165) is 11.1 Å². The quantitative estimate of drug-likeness (QED) is 0.573. The normalized spacial score (nSPS) is 15.5. The summed E-state index contributed by atoms with van der Waals surface area (Å²) in [5, 5.41) is 2.77. The Bertz CT molecular complexity index is 1170. The third-order valence-electron chi connectivity index (χ3n) is 5.37. The summed E-state index contributed by atoms with van der Waals surface area (Å²) in [7, 11) is -3.57. The van der Waals surface area contributed by atoms with E-state index in [9.17, 15) is 13.2 Å². The van der Waals surface area contributed by atoms with Crippen molar-refractivity contribution in [2.45, 2.75) is 17.9 Å². The Labute approximate surface area is 194 Å². The summed E-state index contributed by atoms with van der Waals surface area (Å²) in [5.74, 6) is 0.259. The van der Waals surface area contributed by atoms with Crippen LogP contribution < -0.4 is 10.1 Å². The van der Waals surface area contributed by atoms with Gasteiger partial charge in [-0.25, -0.2) is 8.42 Å². The van der Waals surface area contributed by atoms with Gasteiger partial charge in [-0.1, -0.05) is 42.5 Å². The molecule has 7 nitrogen and oxygen atoms in total. The number of anilines is 1. The number of sulfonamides is 1. The highest BCUT2D eigenvalue weighted by atomic mass is 32.2. The average molecular weight is 467 g/mol. The van der Waals surface area contributed by atoms with Crippen LogP contribution in [0.1, 0.15) is 6.92 Å². The summed E-state index contributed by atoms with van der Waals surface area (Å²) in [4.78, 5) is 12.7. The molecule has 172 valence electrons. The smallest absolute Gasteiger partial charge is 0.265 e. The van der Waals surface area contributed by atoms with Gasteiger partial charge in [0, 0.05) is 18.8 Å². The molecular formula is C25H26N2O5S. The predicted octanol–water partition coefficient (Wildman–Crippen LogP) is 3.78. The number of carbonyl (C=O) groups is 1. The summed E-state index contributed by atoms with van der Waals surface area (Å²) < 4.78 is 37.8. The van der Waals surface area contributed by atoms with Crippen molar-refractivity contribution in [2.75, 3.05) is 31.6 Å². The molecule has 0 radical (unpaired) electrons. The maximum absolute atomic E-state index is 12.7. The van der Waals surface area contributed by atoms with Gasteiger partial charge >= 0.3 is 0 Å². The Balaban J connectivity index is 1.35. The van der Waals surface area contributed by atoms with Crippen LogP contribution in [0.5, 0.6) is 5.75 Å². The fourth-order valence-corrected chi connectivity index (χ4v) is 4.91. The number of benzene rings is 3. The van der Waals surface area contributed by atoms with E-state index in [-0.39, 0.29) is 10.8 Å². The molecule has 3 aromatic rings. The zero-order chi connectivity index (χ0) is 23.3. The van der Waals surface area contributed by atoms with Gasteiger partial charge in [0.15, 0.2) is 6.10 Å². The van der Waals surface area contributed by atoms with Crippen LogP contribution in [0, 0.1) is 0 Å². The van der Waals surface area contributed by atoms with Gasteiger partial charge in [0.1, 0.15) is 5.75 Å². The fraction of sp³-hybridized carbons (Fsp3) is 0.240. The van der Waals surface area contributed by atoms with Crippen molar-refractivity contribution < 1.29 is 22.7 Å². The largest absolute Gasteiger partial charge is 0.481 e. The Morgan fingerprint density at radius 3 is 2.15 bits per heavy atom. The first kappa shape index (κ1) is 23.0. The first-order chi connectivity index (χ1) is 15.9. The molecule has 33 heavy (non-hydrogen) atoms. The van der Waals surface area contributed by atoms with Crippen molar-refractivity contribution in [1.29, 1.82) is 0 Å². The molecule has 0 aliphatic carbocycles. The van der Waals surface area contributed by atoms with Crippen LogP contribution in [0.15, 0.2) is 83.8 Å². The summed E-state index contributed by atoms with van der Waals surface area (Å²) in [6.45, 7) is 3.11. The number of hydrogen-bond acceptors (Lipinski definition) is 5. The second-order valence-electron chi connectivity index (χ2n) is 7.68. The maximum atomic E-state index is 12.7. The number of morpholine rings is 1. The number of carbonyl (C=O) groups excluding carboxylic acids is 1. The third-order valence-corrected chi connectivity index (χ3v) is 7.29. The molecule has 1 N–H and O–H groups in total. The van der Waals surface area contributed by atoms with Gasteiger partial charge in [-0.05, 0) is 54.4 Å². The SMILES string of the molecule is C[C@H](Oc1ccc(-c2ccccc2)cc1)C(=O)Nc1ccc(S(=O)(=O)N2CCOCC2)cc1. The summed E-state index contributed by atoms with van der Waals surface area (Å²) in [5.41, 5.74) is 2.66. The number of nitrogens with zero attached hydrogens (tertiary/aromatic N) is 1. The lowest BCUT2D eigenvalue weighted by atomic mass is 10.1. The molecule has 1 amide bonds. The van der Waals surface area contributed by atoms with Gasteiger partial charge in [-0.3, -0.25) is 4.79 Å². The Kier molecular flexibility index (Phi) is 7.08. The zero-order valence-electron chi connectivity index (χ0n) is 18.3. The molecule has 0 aromatic heterocycles. The average Bonchev–Trinajstić information content (AvgIpc) is 2.86. The molecule has 1 saturated heterocycles. The summed E-state index contributed by atoms with van der Waals surface area (Å²) in [6, 6.07) is 23.7. The highest BCUT2D eigenvalue weighted by molar-refractivity contribution is 7.89. The topological polar surface area (TPSA) is 84.9 Å². The molecule has 4 rings (SSSR count). The number of ether oxygens (including phenoxy) is 2. The second kappa shape index (κ2) is 10.2. The van der Waals surface area contributed by atoms with E-state index in [2.05, 4.69) is 5.32 Å². The number of amides is 1. The number of nitrogens with one attached hydrogen (secondary N) is 1. The van der Waals surface area contributed by atoms with E-state index in [1.165, 1.54) is 16.4 Å². The van der Waals surface area contributed by atoms with Crippen LogP contribution in [-0.2, 0) is 19.6 Å². The Hall–Kier alpha value is -3.20. The fourth-order valence-electron chi connectivity index (χ4n) is 3.50. The molecular weight excluding hydrogens is 440 g/mol. The van der Waals surface area contributed by atoms with Crippen molar-refractivity contribution in [2.24, 2.45) is 0 Å². The maximum Gasteiger partial charge on any atom is 0.265 e. The van der Waals surface area contributed by atoms with Crippen molar-refractivity contribution in [3.05, 3.63) is 78.9 Å². The number of rotatable bonds is 7. The molecule has 1 atom stereocenters. The zero-order valence-corrected chi connectivity index (χ0v) is 19.1. The molecule has 0 saturated carbocycles. The highest BCUT2D eigenvalue weighted by Gasteiger charge is 2.26. The number of hydrogen-bond donors (Lipinski definition) is 1. The molecule has 8 heteroatoms. The van der Waals surface area contributed by atoms with Crippen LogP contribution in [0.2, 0.25) is 0 Å². The van der Waals surface area contributed by atoms with E-state index in [1.807, 2.05) is 54.6 Å². The molecule has 1 aliphatic rings. The van der Waals surface area contributed by atoms with Crippen LogP contribution >= 0.6 is 0 Å². The van der Waals surface area contributed by atoms with E-state index in [1.54, 1.807) is 19.1 Å². The van der Waals surface area contributed by atoms with Gasteiger partial charge in [0.05, 0.1) is 18.1 Å². The summed E-state index contributed by atoms with van der Waals surface area (Å²) in [6.07, 6.45) is -0.732. The van der Waals surface area contributed by atoms with E-state index in [0.29, 0.717) is 37.7 Å². The molecule has 1 fully saturated rings. The minimum Gasteiger partial charge on any atom is -0.481 e. The molecule has 0 spiro atoms. The first-order valence-corrected chi connectivity index (χ1v) is 12.2. The van der Waals surface area contributed by atoms with Crippen LogP contribution in [0.3, 0.4) is 0 Å². The Morgan fingerprint density at radius 1 is 0.909 bits per heavy atom. The van der Waals surface area contributed by atoms with E-state index >= 15 is 0 Å². The van der Waals surface area contributed by atoms with Crippen molar-refractivity contribution in [3.63, 3.8) is 0 Å². The monoisotopic (exact) mass is 466 g/mol. The first-order valence-electron chi connectivity index (χ1n) is 10.7. The molecule has 1 heterocycles. The third kappa shape index (κ3) is 5.60. The van der Waals surface area contributed by atoms with E-state index < -0.39 is 16.1 Å². The van der Waals surface area contributed by atoms with Gasteiger partial charge in [0.25, 0.3) is 5.91 Å². The van der Waals surface area contributed by atoms with Gasteiger partial charge < -0.3 is 14.8 Å². The Morgan fingerprint density at radius 2 is 1.52 bits per heavy atom. The van der Waals surface area contributed by atoms with Crippen LogP contribution in [-0.4, -0.2) is 51.0 Å². The second-order valence-corrected chi connectivity index (χ2v) is 9.62. The highest BCUT2D eigenvalue weighted by Crippen LogP contribution is 2.23. The predicted molar refractivity (Wildman–Crippen MR) is 127 cm³/mol. The summed E-state index contributed by atoms with van der Waals surface area (Å²) >= 11 is 0. The molecule has 1 aliphatic heterocycles. The van der Waals surface area contributed by atoms with Gasteiger partial charge in [-0.2, -0.15) is 4.31 Å². The lowest BCUT2D eigenvalue weighted by Crippen LogP contribution is -2.40. The molecule has 3 aromatic carbocycles. The van der Waals surface area contributed by atoms with Crippen molar-refractivity contribution in [1.82, 2.24) is 4.31 Å². The molecule has 0 unspecified atom stereocenters. The lowest BCUT2D eigenvalue weighted by molar-refractivity contribution is -0.122. The van der Waals surface area contributed by atoms with Gasteiger partial charge in [0.2, 0.25) is 10.0 Å². The minimum absolute atomic E-state index is 0.185. The van der Waals surface area contributed by atoms with Crippen LogP contribution in [0.4, 0.5) is 5.69 Å². The van der Waals surface area contributed by atoms with E-state index in [4.69, 9.17) is 9.47 Å². The van der Waals surface area contributed by atoms with Gasteiger partial charge in [-0.15, -0.1) is 0 Å². The van der Waals surface area contributed by atoms with Crippen molar-refractivity contribution >= 4 is 21.6 Å². The van der Waals surface area contributed by atoms with Crippen molar-refractivity contribution in [3.8, 4) is 16.9 Å². The lowest BCUT2D eigenvalue weighted by Gasteiger charge is -2.26. The minimum atomic E-state index is -3.57. The molecule has 0 bridgehead atoms. The standard InChI is InChI=1S/C25H26N2O5S/c1-19(32-23-11-7-21(8-12-23)20-5-3-2-4-6-20)25(28)26-22-9-13-24(14-10-22)33(29,30)27-15-17-31-18-16-27/h2-14,19H,15-18H2,1H3,(H,26,28)/t19-/m0/s1.